The number of rotatable bonds is 4. The molecule has 1 aromatic carbocycles. The van der Waals surface area contributed by atoms with Crippen LogP contribution < -0.4 is 5.73 Å². The first-order valence-corrected chi connectivity index (χ1v) is 5.08. The van der Waals surface area contributed by atoms with Crippen LogP contribution in [0.3, 0.4) is 0 Å². The number of nitro benzene ring substituents is 1. The monoisotopic (exact) mass is 258 g/mol. The fourth-order valence-electron chi connectivity index (χ4n) is 1.19. The van der Waals surface area contributed by atoms with Crippen LogP contribution in [0.2, 0.25) is 0 Å². The lowest BCUT2D eigenvalue weighted by molar-refractivity contribution is -0.385. The largest absolute Gasteiger partial charge is 0.330 e. The van der Waals surface area contributed by atoms with Gasteiger partial charge in [0.25, 0.3) is 5.69 Å². The lowest BCUT2D eigenvalue weighted by Crippen LogP contribution is -2.01. The summed E-state index contributed by atoms with van der Waals surface area (Å²) in [6, 6.07) is 5.04. The van der Waals surface area contributed by atoms with Gasteiger partial charge >= 0.3 is 0 Å². The van der Waals surface area contributed by atoms with Crippen LogP contribution in [0.1, 0.15) is 12.0 Å². The Labute approximate surface area is 90.4 Å². The molecule has 0 aliphatic rings. The zero-order valence-corrected chi connectivity index (χ0v) is 9.16. The van der Waals surface area contributed by atoms with Gasteiger partial charge in [-0.2, -0.15) is 0 Å². The molecular formula is C9H11BrN2O2. The summed E-state index contributed by atoms with van der Waals surface area (Å²) >= 11 is 3.23. The topological polar surface area (TPSA) is 69.2 Å². The zero-order valence-electron chi connectivity index (χ0n) is 7.57. The first kappa shape index (κ1) is 11.1. The second-order valence-electron chi connectivity index (χ2n) is 2.90. The second-order valence-corrected chi connectivity index (χ2v) is 3.69. The van der Waals surface area contributed by atoms with Gasteiger partial charge in [-0.05, 0) is 40.9 Å². The van der Waals surface area contributed by atoms with Crippen molar-refractivity contribution in [3.8, 4) is 0 Å². The highest BCUT2D eigenvalue weighted by Gasteiger charge is 2.13. The highest BCUT2D eigenvalue weighted by molar-refractivity contribution is 9.10. The minimum absolute atomic E-state index is 0.111. The molecule has 0 bridgehead atoms. The first-order chi connectivity index (χ1) is 6.66. The third-order valence-corrected chi connectivity index (χ3v) is 2.82. The SMILES string of the molecule is NCCCc1cccc([N+](=O)[O-])c1Br. The van der Waals surface area contributed by atoms with Gasteiger partial charge in [0.2, 0.25) is 0 Å². The average Bonchev–Trinajstić information content (AvgIpc) is 2.16. The molecule has 0 heterocycles. The van der Waals surface area contributed by atoms with E-state index in [9.17, 15) is 10.1 Å². The second kappa shape index (κ2) is 5.07. The molecule has 5 heteroatoms. The molecule has 0 radical (unpaired) electrons. The first-order valence-electron chi connectivity index (χ1n) is 4.28. The van der Waals surface area contributed by atoms with Gasteiger partial charge in [-0.25, -0.2) is 0 Å². The molecule has 0 amide bonds. The van der Waals surface area contributed by atoms with E-state index in [0.717, 1.165) is 18.4 Å². The number of halogens is 1. The summed E-state index contributed by atoms with van der Waals surface area (Å²) in [4.78, 5) is 10.2. The summed E-state index contributed by atoms with van der Waals surface area (Å²) in [6.07, 6.45) is 1.60. The van der Waals surface area contributed by atoms with Crippen LogP contribution in [-0.2, 0) is 6.42 Å². The zero-order chi connectivity index (χ0) is 10.6. The van der Waals surface area contributed by atoms with Crippen LogP contribution in [0.5, 0.6) is 0 Å². The van der Waals surface area contributed by atoms with Crippen molar-refractivity contribution in [1.82, 2.24) is 0 Å². The fraction of sp³-hybridized carbons (Fsp3) is 0.333. The van der Waals surface area contributed by atoms with E-state index < -0.39 is 4.92 Å². The standard InChI is InChI=1S/C9H11BrN2O2/c10-9-7(4-2-6-11)3-1-5-8(9)12(13)14/h1,3,5H,2,4,6,11H2. The third kappa shape index (κ3) is 2.52. The van der Waals surface area contributed by atoms with E-state index in [1.807, 2.05) is 6.07 Å². The minimum Gasteiger partial charge on any atom is -0.330 e. The maximum Gasteiger partial charge on any atom is 0.283 e. The Balaban J connectivity index is 2.95. The van der Waals surface area contributed by atoms with E-state index in [1.165, 1.54) is 6.07 Å². The number of nitrogens with zero attached hydrogens (tertiary/aromatic N) is 1. The molecule has 0 atom stereocenters. The van der Waals surface area contributed by atoms with Crippen molar-refractivity contribution in [2.75, 3.05) is 6.54 Å². The molecule has 1 aromatic rings. The van der Waals surface area contributed by atoms with Crippen LogP contribution in [0.25, 0.3) is 0 Å². The molecule has 2 N–H and O–H groups in total. The molecule has 4 nitrogen and oxygen atoms in total. The summed E-state index contributed by atoms with van der Waals surface area (Å²) in [6.45, 7) is 0.592. The summed E-state index contributed by atoms with van der Waals surface area (Å²) in [5.41, 5.74) is 6.42. The molecule has 0 aromatic heterocycles. The van der Waals surface area contributed by atoms with Crippen molar-refractivity contribution in [2.24, 2.45) is 5.73 Å². The van der Waals surface area contributed by atoms with Crippen LogP contribution in [-0.4, -0.2) is 11.5 Å². The Morgan fingerprint density at radius 2 is 2.21 bits per heavy atom. The Hall–Kier alpha value is -0.940. The van der Waals surface area contributed by atoms with E-state index in [4.69, 9.17) is 5.73 Å². The lowest BCUT2D eigenvalue weighted by Gasteiger charge is -2.03. The van der Waals surface area contributed by atoms with Crippen molar-refractivity contribution in [3.05, 3.63) is 38.3 Å². The third-order valence-electron chi connectivity index (χ3n) is 1.91. The number of hydrogen-bond acceptors (Lipinski definition) is 3. The summed E-state index contributed by atoms with van der Waals surface area (Å²) in [5.74, 6) is 0. The van der Waals surface area contributed by atoms with Gasteiger partial charge in [0.1, 0.15) is 0 Å². The van der Waals surface area contributed by atoms with Crippen molar-refractivity contribution in [3.63, 3.8) is 0 Å². The predicted octanol–water partition coefficient (Wildman–Crippen LogP) is 2.25. The Kier molecular flexibility index (Phi) is 4.03. The smallest absolute Gasteiger partial charge is 0.283 e. The maximum absolute atomic E-state index is 10.6. The molecule has 1 rings (SSSR count). The van der Waals surface area contributed by atoms with Gasteiger partial charge in [-0.3, -0.25) is 10.1 Å². The van der Waals surface area contributed by atoms with Crippen LogP contribution in [0.15, 0.2) is 22.7 Å². The van der Waals surface area contributed by atoms with E-state index in [0.29, 0.717) is 11.0 Å². The van der Waals surface area contributed by atoms with Crippen LogP contribution >= 0.6 is 15.9 Å². The molecule has 76 valence electrons. The quantitative estimate of drug-likeness (QED) is 0.666. The molecule has 14 heavy (non-hydrogen) atoms. The van der Waals surface area contributed by atoms with Gasteiger partial charge in [0, 0.05) is 6.07 Å². The number of hydrogen-bond donors (Lipinski definition) is 1. The lowest BCUT2D eigenvalue weighted by atomic mass is 10.1. The Morgan fingerprint density at radius 1 is 1.50 bits per heavy atom. The molecule has 0 unspecified atom stereocenters. The fourth-order valence-corrected chi connectivity index (χ4v) is 1.80. The number of nitro groups is 1. The Morgan fingerprint density at radius 3 is 2.79 bits per heavy atom. The van der Waals surface area contributed by atoms with E-state index in [1.54, 1.807) is 6.07 Å². The molecule has 0 aliphatic heterocycles. The highest BCUT2D eigenvalue weighted by Crippen LogP contribution is 2.28. The molecule has 0 saturated heterocycles. The average molecular weight is 259 g/mol. The van der Waals surface area contributed by atoms with Gasteiger partial charge in [0.15, 0.2) is 0 Å². The molecule has 0 spiro atoms. The van der Waals surface area contributed by atoms with E-state index >= 15 is 0 Å². The number of aryl methyl sites for hydroxylation is 1. The summed E-state index contributed by atoms with van der Waals surface area (Å²) in [5, 5.41) is 10.6. The molecular weight excluding hydrogens is 248 g/mol. The van der Waals surface area contributed by atoms with Gasteiger partial charge in [-0.15, -0.1) is 0 Å². The van der Waals surface area contributed by atoms with Gasteiger partial charge < -0.3 is 5.73 Å². The van der Waals surface area contributed by atoms with Crippen LogP contribution in [0.4, 0.5) is 5.69 Å². The van der Waals surface area contributed by atoms with E-state index in [2.05, 4.69) is 15.9 Å². The van der Waals surface area contributed by atoms with Crippen molar-refractivity contribution in [1.29, 1.82) is 0 Å². The minimum atomic E-state index is -0.393. The molecule has 0 fully saturated rings. The Bertz CT molecular complexity index is 342. The predicted molar refractivity (Wildman–Crippen MR) is 58.2 cm³/mol. The van der Waals surface area contributed by atoms with Crippen molar-refractivity contribution < 1.29 is 4.92 Å². The van der Waals surface area contributed by atoms with Gasteiger partial charge in [0.05, 0.1) is 9.40 Å². The molecule has 0 saturated carbocycles. The van der Waals surface area contributed by atoms with Crippen molar-refractivity contribution in [2.45, 2.75) is 12.8 Å². The number of benzene rings is 1. The van der Waals surface area contributed by atoms with Gasteiger partial charge in [-0.1, -0.05) is 12.1 Å². The summed E-state index contributed by atoms with van der Waals surface area (Å²) < 4.78 is 0.568. The van der Waals surface area contributed by atoms with Crippen molar-refractivity contribution >= 4 is 21.6 Å². The maximum atomic E-state index is 10.6. The van der Waals surface area contributed by atoms with E-state index in [-0.39, 0.29) is 5.69 Å². The van der Waals surface area contributed by atoms with Crippen LogP contribution in [0, 0.1) is 10.1 Å². The number of nitrogens with two attached hydrogens (primary N) is 1. The molecule has 0 aliphatic carbocycles. The summed E-state index contributed by atoms with van der Waals surface area (Å²) in [7, 11) is 0. The normalized spacial score (nSPS) is 10.1. The highest BCUT2D eigenvalue weighted by atomic mass is 79.9.